The molecule has 0 bridgehead atoms. The maximum atomic E-state index is 11.9. The lowest BCUT2D eigenvalue weighted by molar-refractivity contribution is -0.123. The highest BCUT2D eigenvalue weighted by Crippen LogP contribution is 2.31. The van der Waals surface area contributed by atoms with Crippen LogP contribution in [-0.2, 0) is 4.79 Å². The first-order valence-corrected chi connectivity index (χ1v) is 9.25. The summed E-state index contributed by atoms with van der Waals surface area (Å²) in [5.74, 6) is 1.32. The third-order valence-electron chi connectivity index (χ3n) is 3.90. The van der Waals surface area contributed by atoms with E-state index < -0.39 is 0 Å². The van der Waals surface area contributed by atoms with Gasteiger partial charge in [0, 0.05) is 10.6 Å². The van der Waals surface area contributed by atoms with Crippen LogP contribution in [0.4, 0.5) is 0 Å². The molecule has 28 heavy (non-hydrogen) atoms. The van der Waals surface area contributed by atoms with Crippen LogP contribution in [0.2, 0.25) is 10.0 Å². The van der Waals surface area contributed by atoms with Gasteiger partial charge in [-0.05, 0) is 61.4 Å². The smallest absolute Gasteiger partial charge is 0.277 e. The SMILES string of the molecule is Cc1ccc(C)c(OCC(=O)N/N=C\c2ccc(-c3cc(Cl)ccc3Cl)o2)c1. The van der Waals surface area contributed by atoms with E-state index in [4.69, 9.17) is 32.4 Å². The number of hydrogen-bond acceptors (Lipinski definition) is 4. The van der Waals surface area contributed by atoms with E-state index in [0.29, 0.717) is 32.9 Å². The number of rotatable bonds is 6. The fourth-order valence-corrected chi connectivity index (χ4v) is 2.84. The number of furan rings is 1. The number of hydrogen-bond donors (Lipinski definition) is 1. The number of hydrazone groups is 1. The maximum absolute atomic E-state index is 11.9. The number of amides is 1. The number of aryl methyl sites for hydroxylation is 2. The topological polar surface area (TPSA) is 63.8 Å². The summed E-state index contributed by atoms with van der Waals surface area (Å²) in [7, 11) is 0. The third-order valence-corrected chi connectivity index (χ3v) is 4.47. The van der Waals surface area contributed by atoms with Gasteiger partial charge in [-0.25, -0.2) is 5.43 Å². The minimum Gasteiger partial charge on any atom is -0.483 e. The lowest BCUT2D eigenvalue weighted by Gasteiger charge is -2.08. The van der Waals surface area contributed by atoms with Crippen LogP contribution in [0.5, 0.6) is 5.75 Å². The van der Waals surface area contributed by atoms with Gasteiger partial charge in [-0.3, -0.25) is 4.79 Å². The van der Waals surface area contributed by atoms with Crippen molar-refractivity contribution in [2.24, 2.45) is 5.10 Å². The number of carbonyl (C=O) groups excluding carboxylic acids is 1. The Morgan fingerprint density at radius 1 is 1.14 bits per heavy atom. The van der Waals surface area contributed by atoms with Crippen LogP contribution in [0.15, 0.2) is 58.0 Å². The van der Waals surface area contributed by atoms with Gasteiger partial charge in [0.15, 0.2) is 6.61 Å². The molecule has 2 aromatic carbocycles. The molecule has 144 valence electrons. The summed E-state index contributed by atoms with van der Waals surface area (Å²) in [4.78, 5) is 11.9. The quantitative estimate of drug-likeness (QED) is 0.432. The highest BCUT2D eigenvalue weighted by Gasteiger charge is 2.09. The molecule has 1 aromatic heterocycles. The van der Waals surface area contributed by atoms with Crippen molar-refractivity contribution < 1.29 is 13.9 Å². The summed E-state index contributed by atoms with van der Waals surface area (Å²) < 4.78 is 11.2. The van der Waals surface area contributed by atoms with Crippen molar-refractivity contribution in [1.29, 1.82) is 0 Å². The molecule has 3 aromatic rings. The highest BCUT2D eigenvalue weighted by atomic mass is 35.5. The second-order valence-electron chi connectivity index (χ2n) is 6.18. The van der Waals surface area contributed by atoms with E-state index in [1.54, 1.807) is 30.3 Å². The minimum absolute atomic E-state index is 0.136. The Kier molecular flexibility index (Phi) is 6.39. The van der Waals surface area contributed by atoms with Gasteiger partial charge in [-0.2, -0.15) is 5.10 Å². The molecule has 1 amide bonds. The molecule has 0 aliphatic carbocycles. The zero-order valence-corrected chi connectivity index (χ0v) is 16.8. The zero-order chi connectivity index (χ0) is 20.1. The summed E-state index contributed by atoms with van der Waals surface area (Å²) in [5.41, 5.74) is 5.11. The fraction of sp³-hybridized carbons (Fsp3) is 0.143. The van der Waals surface area contributed by atoms with E-state index in [9.17, 15) is 4.79 Å². The molecule has 7 heteroatoms. The standard InChI is InChI=1S/C21H18Cl2N2O3/c1-13-3-4-14(2)20(9-13)27-12-21(26)25-24-11-16-6-8-19(28-16)17-10-15(22)5-7-18(17)23/h3-11H,12H2,1-2H3,(H,25,26)/b24-11-. The average Bonchev–Trinajstić information content (AvgIpc) is 3.13. The largest absolute Gasteiger partial charge is 0.483 e. The molecule has 0 atom stereocenters. The average molecular weight is 417 g/mol. The molecule has 0 unspecified atom stereocenters. The molecule has 0 saturated heterocycles. The van der Waals surface area contributed by atoms with E-state index in [1.807, 2.05) is 32.0 Å². The molecular formula is C21H18Cl2N2O3. The fourth-order valence-electron chi connectivity index (χ4n) is 2.46. The van der Waals surface area contributed by atoms with E-state index in [0.717, 1.165) is 11.1 Å². The number of nitrogens with zero attached hydrogens (tertiary/aromatic N) is 1. The first kappa shape index (κ1) is 20.0. The molecule has 3 rings (SSSR count). The summed E-state index contributed by atoms with van der Waals surface area (Å²) in [6, 6.07) is 14.4. The Morgan fingerprint density at radius 2 is 1.96 bits per heavy atom. The zero-order valence-electron chi connectivity index (χ0n) is 15.3. The Labute approximate surface area is 172 Å². The number of benzene rings is 2. The van der Waals surface area contributed by atoms with Crippen LogP contribution in [0.25, 0.3) is 11.3 Å². The molecule has 1 N–H and O–H groups in total. The Bertz CT molecular complexity index is 1030. The molecule has 0 spiro atoms. The van der Waals surface area contributed by atoms with Crippen molar-refractivity contribution in [2.45, 2.75) is 13.8 Å². The highest BCUT2D eigenvalue weighted by molar-refractivity contribution is 6.35. The minimum atomic E-state index is -0.373. The lowest BCUT2D eigenvalue weighted by atomic mass is 10.1. The van der Waals surface area contributed by atoms with Crippen molar-refractivity contribution >= 4 is 35.3 Å². The van der Waals surface area contributed by atoms with E-state index in [-0.39, 0.29) is 12.5 Å². The van der Waals surface area contributed by atoms with Gasteiger partial charge >= 0.3 is 0 Å². The number of nitrogens with one attached hydrogen (secondary N) is 1. The van der Waals surface area contributed by atoms with Gasteiger partial charge in [0.05, 0.1) is 11.2 Å². The molecule has 5 nitrogen and oxygen atoms in total. The van der Waals surface area contributed by atoms with Gasteiger partial charge in [-0.1, -0.05) is 35.3 Å². The summed E-state index contributed by atoms with van der Waals surface area (Å²) in [6.45, 7) is 3.75. The normalized spacial score (nSPS) is 11.0. The number of ether oxygens (including phenoxy) is 1. The molecule has 0 saturated carbocycles. The molecular weight excluding hydrogens is 399 g/mol. The first-order chi connectivity index (χ1) is 13.4. The monoisotopic (exact) mass is 416 g/mol. The van der Waals surface area contributed by atoms with Gasteiger partial charge in [0.25, 0.3) is 5.91 Å². The predicted molar refractivity (Wildman–Crippen MR) is 111 cm³/mol. The summed E-state index contributed by atoms with van der Waals surface area (Å²) >= 11 is 12.2. The predicted octanol–water partition coefficient (Wildman–Crippen LogP) is 5.40. The van der Waals surface area contributed by atoms with Gasteiger partial charge in [0.2, 0.25) is 0 Å². The summed E-state index contributed by atoms with van der Waals surface area (Å²) in [5, 5.41) is 4.97. The van der Waals surface area contributed by atoms with Crippen LogP contribution in [0, 0.1) is 13.8 Å². The van der Waals surface area contributed by atoms with Crippen LogP contribution >= 0.6 is 23.2 Å². The molecule has 0 radical (unpaired) electrons. The molecule has 0 aliphatic rings. The molecule has 0 fully saturated rings. The Morgan fingerprint density at radius 3 is 2.79 bits per heavy atom. The van der Waals surface area contributed by atoms with Gasteiger partial charge < -0.3 is 9.15 Å². The van der Waals surface area contributed by atoms with E-state index in [2.05, 4.69) is 10.5 Å². The van der Waals surface area contributed by atoms with Crippen molar-refractivity contribution in [3.8, 4) is 17.1 Å². The van der Waals surface area contributed by atoms with Crippen LogP contribution in [0.1, 0.15) is 16.9 Å². The number of halogens is 2. The molecule has 1 heterocycles. The van der Waals surface area contributed by atoms with Gasteiger partial charge in [0.1, 0.15) is 17.3 Å². The number of carbonyl (C=O) groups is 1. The first-order valence-electron chi connectivity index (χ1n) is 8.49. The Balaban J connectivity index is 1.56. The maximum Gasteiger partial charge on any atom is 0.277 e. The summed E-state index contributed by atoms with van der Waals surface area (Å²) in [6.07, 6.45) is 1.40. The van der Waals surface area contributed by atoms with Crippen molar-refractivity contribution in [2.75, 3.05) is 6.61 Å². The van der Waals surface area contributed by atoms with Crippen LogP contribution < -0.4 is 10.2 Å². The van der Waals surface area contributed by atoms with Crippen molar-refractivity contribution in [3.05, 3.63) is 75.5 Å². The van der Waals surface area contributed by atoms with E-state index >= 15 is 0 Å². The Hall–Kier alpha value is -2.76. The second-order valence-corrected chi connectivity index (χ2v) is 7.02. The third kappa shape index (κ3) is 5.15. The van der Waals surface area contributed by atoms with Gasteiger partial charge in [-0.15, -0.1) is 0 Å². The lowest BCUT2D eigenvalue weighted by Crippen LogP contribution is -2.24. The van der Waals surface area contributed by atoms with Crippen LogP contribution in [-0.4, -0.2) is 18.7 Å². The van der Waals surface area contributed by atoms with E-state index in [1.165, 1.54) is 6.21 Å². The van der Waals surface area contributed by atoms with Crippen LogP contribution in [0.3, 0.4) is 0 Å². The molecule has 0 aliphatic heterocycles. The second kappa shape index (κ2) is 8.95. The van der Waals surface area contributed by atoms with Crippen molar-refractivity contribution in [1.82, 2.24) is 5.43 Å². The van der Waals surface area contributed by atoms with Crippen molar-refractivity contribution in [3.63, 3.8) is 0 Å².